The van der Waals surface area contributed by atoms with Gasteiger partial charge in [0.05, 0.1) is 0 Å². The lowest BCUT2D eigenvalue weighted by Crippen LogP contribution is -2.25. The lowest BCUT2D eigenvalue weighted by Gasteiger charge is -2.13. The minimum atomic E-state index is -0.319. The zero-order valence-electron chi connectivity index (χ0n) is 19.5. The number of pyridine rings is 1. The summed E-state index contributed by atoms with van der Waals surface area (Å²) in [5.74, 6) is 0.728. The standard InChI is InChI=1S/C27H28N4O4/c1-31-17-21(19-12-7-8-13-23(19)35-18-10-4-2-5-11-18)20-16-22(30-25(20)27(31)34)26(33)29-15-9-3-6-14-24(28)32/h2,4-5,7-8,10-13,16-17,30H,3,6,9,14-15H2,1H3,(H2,28,32)(H,29,33). The number of para-hydroxylation sites is 2. The quantitative estimate of drug-likeness (QED) is 0.301. The molecular weight excluding hydrogens is 444 g/mol. The fraction of sp³-hybridized carbons (Fsp3) is 0.222. The normalized spacial score (nSPS) is 10.9. The molecule has 2 heterocycles. The Labute approximate surface area is 202 Å². The highest BCUT2D eigenvalue weighted by Gasteiger charge is 2.18. The Morgan fingerprint density at radius 2 is 1.74 bits per heavy atom. The molecule has 4 aromatic rings. The van der Waals surface area contributed by atoms with E-state index in [1.165, 1.54) is 4.57 Å². The second-order valence-electron chi connectivity index (χ2n) is 8.37. The average Bonchev–Trinajstić information content (AvgIpc) is 3.30. The molecule has 4 rings (SSSR count). The van der Waals surface area contributed by atoms with Crippen LogP contribution >= 0.6 is 0 Å². The number of aromatic nitrogens is 2. The van der Waals surface area contributed by atoms with Gasteiger partial charge in [-0.25, -0.2) is 0 Å². The van der Waals surface area contributed by atoms with Crippen molar-refractivity contribution in [1.82, 2.24) is 14.9 Å². The largest absolute Gasteiger partial charge is 0.457 e. The highest BCUT2D eigenvalue weighted by Crippen LogP contribution is 2.36. The Morgan fingerprint density at radius 1 is 1.00 bits per heavy atom. The molecule has 0 atom stereocenters. The molecule has 180 valence electrons. The number of nitrogens with zero attached hydrogens (tertiary/aromatic N) is 1. The van der Waals surface area contributed by atoms with Crippen LogP contribution in [0.25, 0.3) is 22.0 Å². The number of nitrogens with two attached hydrogens (primary N) is 1. The van der Waals surface area contributed by atoms with Crippen molar-refractivity contribution >= 4 is 22.7 Å². The van der Waals surface area contributed by atoms with E-state index in [1.807, 2.05) is 54.6 Å². The number of hydrogen-bond donors (Lipinski definition) is 3. The number of rotatable bonds is 10. The molecule has 0 saturated heterocycles. The van der Waals surface area contributed by atoms with E-state index < -0.39 is 0 Å². The van der Waals surface area contributed by atoms with E-state index in [9.17, 15) is 14.4 Å². The summed E-state index contributed by atoms with van der Waals surface area (Å²) in [6.45, 7) is 0.464. The van der Waals surface area contributed by atoms with Crippen LogP contribution in [0.4, 0.5) is 0 Å². The summed E-state index contributed by atoms with van der Waals surface area (Å²) in [5.41, 5.74) is 7.16. The fourth-order valence-corrected chi connectivity index (χ4v) is 3.96. The molecule has 8 heteroatoms. The third-order valence-corrected chi connectivity index (χ3v) is 5.74. The maximum absolute atomic E-state index is 12.8. The van der Waals surface area contributed by atoms with Crippen molar-refractivity contribution in [2.45, 2.75) is 25.7 Å². The lowest BCUT2D eigenvalue weighted by atomic mass is 10.0. The van der Waals surface area contributed by atoms with Crippen molar-refractivity contribution < 1.29 is 14.3 Å². The van der Waals surface area contributed by atoms with Gasteiger partial charge in [-0.2, -0.15) is 0 Å². The number of nitrogens with one attached hydrogen (secondary N) is 2. The topological polar surface area (TPSA) is 119 Å². The van der Waals surface area contributed by atoms with E-state index >= 15 is 0 Å². The maximum Gasteiger partial charge on any atom is 0.274 e. The van der Waals surface area contributed by atoms with Crippen LogP contribution < -0.4 is 21.3 Å². The van der Waals surface area contributed by atoms with Gasteiger partial charge < -0.3 is 25.3 Å². The number of carbonyl (C=O) groups excluding carboxylic acids is 2. The van der Waals surface area contributed by atoms with Crippen LogP contribution in [0.15, 0.2) is 71.7 Å². The average molecular weight is 473 g/mol. The van der Waals surface area contributed by atoms with Crippen LogP contribution in [0.1, 0.15) is 36.2 Å². The van der Waals surface area contributed by atoms with Crippen molar-refractivity contribution in [1.29, 1.82) is 0 Å². The first-order valence-corrected chi connectivity index (χ1v) is 11.5. The fourth-order valence-electron chi connectivity index (χ4n) is 3.96. The minimum absolute atomic E-state index is 0.226. The molecule has 0 spiro atoms. The number of H-pyrrole nitrogens is 1. The summed E-state index contributed by atoms with van der Waals surface area (Å²) in [5, 5.41) is 3.51. The number of ether oxygens (including phenoxy) is 1. The summed E-state index contributed by atoms with van der Waals surface area (Å²) in [6, 6.07) is 18.8. The Morgan fingerprint density at radius 3 is 2.51 bits per heavy atom. The molecule has 0 unspecified atom stereocenters. The Kier molecular flexibility index (Phi) is 7.30. The van der Waals surface area contributed by atoms with Gasteiger partial charge in [-0.05, 0) is 37.1 Å². The molecule has 35 heavy (non-hydrogen) atoms. The van der Waals surface area contributed by atoms with Gasteiger partial charge in [0, 0.05) is 42.7 Å². The zero-order valence-corrected chi connectivity index (χ0v) is 19.5. The van der Waals surface area contributed by atoms with Gasteiger partial charge in [0.1, 0.15) is 22.7 Å². The van der Waals surface area contributed by atoms with Crippen LogP contribution in [-0.2, 0) is 11.8 Å². The molecule has 0 aliphatic rings. The number of aryl methyl sites for hydroxylation is 1. The first-order valence-electron chi connectivity index (χ1n) is 11.5. The SMILES string of the molecule is Cn1cc(-c2ccccc2Oc2ccccc2)c2cc(C(=O)NCCCCCC(N)=O)[nH]c2c1=O. The highest BCUT2D eigenvalue weighted by atomic mass is 16.5. The molecular formula is C27H28N4O4. The first-order chi connectivity index (χ1) is 16.9. The molecule has 2 amide bonds. The van der Waals surface area contributed by atoms with Crippen molar-refractivity contribution in [3.63, 3.8) is 0 Å². The van der Waals surface area contributed by atoms with E-state index in [2.05, 4.69) is 10.3 Å². The molecule has 2 aromatic carbocycles. The molecule has 0 fully saturated rings. The van der Waals surface area contributed by atoms with E-state index in [-0.39, 0.29) is 17.4 Å². The molecule has 0 bridgehead atoms. The van der Waals surface area contributed by atoms with Gasteiger partial charge in [0.15, 0.2) is 0 Å². The maximum atomic E-state index is 12.8. The number of carbonyl (C=O) groups is 2. The van der Waals surface area contributed by atoms with Gasteiger partial charge in [-0.15, -0.1) is 0 Å². The lowest BCUT2D eigenvalue weighted by molar-refractivity contribution is -0.118. The third kappa shape index (κ3) is 5.60. The van der Waals surface area contributed by atoms with E-state index in [4.69, 9.17) is 10.5 Å². The van der Waals surface area contributed by atoms with Gasteiger partial charge in [-0.3, -0.25) is 14.4 Å². The molecule has 2 aromatic heterocycles. The number of fused-ring (bicyclic) bond motifs is 1. The molecule has 8 nitrogen and oxygen atoms in total. The Balaban J connectivity index is 1.61. The van der Waals surface area contributed by atoms with Gasteiger partial charge in [0.25, 0.3) is 11.5 Å². The van der Waals surface area contributed by atoms with Crippen molar-refractivity contribution in [2.75, 3.05) is 6.54 Å². The third-order valence-electron chi connectivity index (χ3n) is 5.74. The van der Waals surface area contributed by atoms with Crippen LogP contribution in [0.2, 0.25) is 0 Å². The number of amides is 2. The van der Waals surface area contributed by atoms with Crippen LogP contribution in [0.3, 0.4) is 0 Å². The molecule has 0 aliphatic carbocycles. The number of primary amides is 1. The number of unbranched alkanes of at least 4 members (excludes halogenated alkanes) is 2. The smallest absolute Gasteiger partial charge is 0.274 e. The van der Waals surface area contributed by atoms with E-state index in [0.29, 0.717) is 47.5 Å². The van der Waals surface area contributed by atoms with Crippen LogP contribution in [-0.4, -0.2) is 27.9 Å². The first kappa shape index (κ1) is 23.8. The zero-order chi connectivity index (χ0) is 24.8. The molecule has 4 N–H and O–H groups in total. The van der Waals surface area contributed by atoms with Gasteiger partial charge in [-0.1, -0.05) is 42.8 Å². The molecule has 0 radical (unpaired) electrons. The number of hydrogen-bond acceptors (Lipinski definition) is 4. The molecule has 0 aliphatic heterocycles. The van der Waals surface area contributed by atoms with Gasteiger partial charge >= 0.3 is 0 Å². The van der Waals surface area contributed by atoms with Gasteiger partial charge in [0.2, 0.25) is 5.91 Å². The summed E-state index contributed by atoms with van der Waals surface area (Å²) in [4.78, 5) is 39.4. The van der Waals surface area contributed by atoms with Crippen molar-refractivity contribution in [3.8, 4) is 22.6 Å². The summed E-state index contributed by atoms with van der Waals surface area (Å²) < 4.78 is 7.63. The van der Waals surface area contributed by atoms with Crippen molar-refractivity contribution in [2.24, 2.45) is 12.8 Å². The number of aromatic amines is 1. The van der Waals surface area contributed by atoms with Crippen LogP contribution in [0, 0.1) is 0 Å². The van der Waals surface area contributed by atoms with Crippen molar-refractivity contribution in [3.05, 3.63) is 82.9 Å². The Hall–Kier alpha value is -4.33. The highest BCUT2D eigenvalue weighted by molar-refractivity contribution is 6.03. The summed E-state index contributed by atoms with van der Waals surface area (Å²) in [6.07, 6.45) is 4.32. The van der Waals surface area contributed by atoms with E-state index in [1.54, 1.807) is 19.3 Å². The van der Waals surface area contributed by atoms with E-state index in [0.717, 1.165) is 24.0 Å². The second kappa shape index (κ2) is 10.7. The molecule has 0 saturated carbocycles. The monoisotopic (exact) mass is 472 g/mol. The predicted octanol–water partition coefficient (Wildman–Crippen LogP) is 4.10. The predicted molar refractivity (Wildman–Crippen MR) is 135 cm³/mol. The minimum Gasteiger partial charge on any atom is -0.457 e. The Bertz CT molecular complexity index is 1410. The summed E-state index contributed by atoms with van der Waals surface area (Å²) >= 11 is 0. The van der Waals surface area contributed by atoms with Crippen LogP contribution in [0.5, 0.6) is 11.5 Å². The number of benzene rings is 2. The summed E-state index contributed by atoms with van der Waals surface area (Å²) in [7, 11) is 1.68. The second-order valence-corrected chi connectivity index (χ2v) is 8.37.